The maximum absolute atomic E-state index is 13.1. The minimum atomic E-state index is -4.52. The molecule has 1 amide bonds. The maximum atomic E-state index is 13.1. The summed E-state index contributed by atoms with van der Waals surface area (Å²) in [4.78, 5) is 24.0. The molecule has 0 fully saturated rings. The molecule has 4 nitrogen and oxygen atoms in total. The highest BCUT2D eigenvalue weighted by Crippen LogP contribution is 2.30. The molecular weight excluding hydrogens is 301 g/mol. The van der Waals surface area contributed by atoms with Crippen LogP contribution in [0.4, 0.5) is 27.6 Å². The van der Waals surface area contributed by atoms with Crippen molar-refractivity contribution in [2.24, 2.45) is 0 Å². The molecule has 0 radical (unpaired) electrons. The van der Waals surface area contributed by atoms with Gasteiger partial charge in [0, 0.05) is 12.6 Å². The minimum absolute atomic E-state index is 0.181. The number of carbonyl (C=O) groups excluding carboxylic acids is 2. The Kier molecular flexibility index (Phi) is 3.95. The molecule has 0 saturated carbocycles. The zero-order valence-electron chi connectivity index (χ0n) is 10.3. The van der Waals surface area contributed by atoms with Gasteiger partial charge < -0.3 is 9.64 Å². The number of hydrogen-bond donors (Lipinski definition) is 0. The van der Waals surface area contributed by atoms with E-state index < -0.39 is 42.7 Å². The van der Waals surface area contributed by atoms with E-state index in [9.17, 15) is 31.5 Å². The lowest BCUT2D eigenvalue weighted by Crippen LogP contribution is -2.33. The van der Waals surface area contributed by atoms with Gasteiger partial charge in [-0.05, 0) is 6.07 Å². The van der Waals surface area contributed by atoms with Crippen LogP contribution in [0, 0.1) is 11.6 Å². The molecule has 2 rings (SSSR count). The number of ether oxygens (including phenoxy) is 1. The van der Waals surface area contributed by atoms with E-state index in [4.69, 9.17) is 0 Å². The monoisotopic (exact) mass is 309 g/mol. The topological polar surface area (TPSA) is 46.6 Å². The average molecular weight is 309 g/mol. The van der Waals surface area contributed by atoms with Gasteiger partial charge in [-0.15, -0.1) is 0 Å². The van der Waals surface area contributed by atoms with Gasteiger partial charge in [0.25, 0.3) is 11.7 Å². The number of nitrogens with zero attached hydrogens (tertiary/aromatic N) is 1. The number of fused-ring (bicyclic) bond motifs is 1. The second-order valence-electron chi connectivity index (χ2n) is 4.24. The Morgan fingerprint density at radius 1 is 1.10 bits per heavy atom. The van der Waals surface area contributed by atoms with Crippen molar-refractivity contribution in [1.29, 1.82) is 0 Å². The maximum Gasteiger partial charge on any atom is 0.411 e. The molecule has 0 N–H and O–H groups in total. The van der Waals surface area contributed by atoms with E-state index in [0.29, 0.717) is 12.1 Å². The quantitative estimate of drug-likeness (QED) is 0.486. The fraction of sp³-hybridized carbons (Fsp3) is 0.333. The zero-order chi connectivity index (χ0) is 15.8. The van der Waals surface area contributed by atoms with E-state index in [1.807, 2.05) is 0 Å². The van der Waals surface area contributed by atoms with Crippen molar-refractivity contribution in [2.45, 2.75) is 6.18 Å². The minimum Gasteiger partial charge on any atom is -0.370 e. The van der Waals surface area contributed by atoms with E-state index in [0.717, 1.165) is 4.90 Å². The lowest BCUT2D eigenvalue weighted by atomic mass is 10.1. The molecule has 1 aromatic rings. The number of rotatable bonds is 4. The molecule has 1 heterocycles. The standard InChI is InChI=1S/C12H8F5NO3/c13-7-3-6-9(4-8(7)14)18(11(20)10(6)19)1-2-21-5-12(15,16)17/h3-4H,1-2,5H2. The molecule has 0 aliphatic carbocycles. The Balaban J connectivity index is 2.10. The number of benzene rings is 1. The molecule has 114 valence electrons. The Bertz CT molecular complexity index is 599. The van der Waals surface area contributed by atoms with Crippen LogP contribution in [0.25, 0.3) is 0 Å². The molecule has 9 heteroatoms. The van der Waals surface area contributed by atoms with Gasteiger partial charge in [0.15, 0.2) is 11.6 Å². The molecule has 0 bridgehead atoms. The molecule has 0 spiro atoms. The van der Waals surface area contributed by atoms with Crippen LogP contribution in [0.15, 0.2) is 12.1 Å². The third-order valence-electron chi connectivity index (χ3n) is 2.74. The van der Waals surface area contributed by atoms with Crippen LogP contribution in [-0.2, 0) is 9.53 Å². The summed E-state index contributed by atoms with van der Waals surface area (Å²) in [5, 5.41) is 0. The summed E-state index contributed by atoms with van der Waals surface area (Å²) in [5.41, 5.74) is -0.505. The average Bonchev–Trinajstić information content (AvgIpc) is 2.59. The fourth-order valence-electron chi connectivity index (χ4n) is 1.85. The Labute approximate surface area is 115 Å². The lowest BCUT2D eigenvalue weighted by molar-refractivity contribution is -0.173. The van der Waals surface area contributed by atoms with E-state index >= 15 is 0 Å². The SMILES string of the molecule is O=C1C(=O)N(CCOCC(F)(F)F)c2cc(F)c(F)cc21. The van der Waals surface area contributed by atoms with Crippen LogP contribution >= 0.6 is 0 Å². The van der Waals surface area contributed by atoms with Gasteiger partial charge in [0.05, 0.1) is 17.9 Å². The third-order valence-corrected chi connectivity index (χ3v) is 2.74. The van der Waals surface area contributed by atoms with Crippen molar-refractivity contribution in [3.8, 4) is 0 Å². The number of halogens is 5. The number of carbonyl (C=O) groups is 2. The van der Waals surface area contributed by atoms with E-state index in [-0.39, 0.29) is 17.8 Å². The first-order chi connectivity index (χ1) is 9.70. The van der Waals surface area contributed by atoms with Gasteiger partial charge in [-0.25, -0.2) is 8.78 Å². The van der Waals surface area contributed by atoms with E-state index in [1.54, 1.807) is 0 Å². The summed E-state index contributed by atoms with van der Waals surface area (Å²) >= 11 is 0. The van der Waals surface area contributed by atoms with Crippen molar-refractivity contribution in [2.75, 3.05) is 24.7 Å². The van der Waals surface area contributed by atoms with Crippen LogP contribution in [0.3, 0.4) is 0 Å². The number of hydrogen-bond acceptors (Lipinski definition) is 3. The second-order valence-corrected chi connectivity index (χ2v) is 4.24. The van der Waals surface area contributed by atoms with Crippen molar-refractivity contribution >= 4 is 17.4 Å². The van der Waals surface area contributed by atoms with Gasteiger partial charge in [0.2, 0.25) is 0 Å². The molecule has 0 aromatic heterocycles. The van der Waals surface area contributed by atoms with Crippen molar-refractivity contribution in [1.82, 2.24) is 0 Å². The second kappa shape index (κ2) is 5.40. The molecular formula is C12H8F5NO3. The summed E-state index contributed by atoms with van der Waals surface area (Å²) in [5.74, 6) is -4.66. The molecule has 1 aromatic carbocycles. The number of ketones is 1. The number of anilines is 1. The first-order valence-corrected chi connectivity index (χ1v) is 5.70. The highest BCUT2D eigenvalue weighted by molar-refractivity contribution is 6.52. The van der Waals surface area contributed by atoms with Gasteiger partial charge >= 0.3 is 6.18 Å². The van der Waals surface area contributed by atoms with Gasteiger partial charge in [-0.3, -0.25) is 9.59 Å². The van der Waals surface area contributed by atoms with Gasteiger partial charge in [-0.2, -0.15) is 13.2 Å². The summed E-state index contributed by atoms with van der Waals surface area (Å²) in [6, 6.07) is 1.23. The van der Waals surface area contributed by atoms with E-state index in [1.165, 1.54) is 0 Å². The van der Waals surface area contributed by atoms with Gasteiger partial charge in [0.1, 0.15) is 6.61 Å². The van der Waals surface area contributed by atoms with Crippen LogP contribution < -0.4 is 4.90 Å². The Morgan fingerprint density at radius 3 is 2.33 bits per heavy atom. The smallest absolute Gasteiger partial charge is 0.370 e. The molecule has 0 atom stereocenters. The zero-order valence-corrected chi connectivity index (χ0v) is 10.3. The van der Waals surface area contributed by atoms with Gasteiger partial charge in [-0.1, -0.05) is 0 Å². The third kappa shape index (κ3) is 3.18. The first-order valence-electron chi connectivity index (χ1n) is 5.70. The molecule has 1 aliphatic rings. The summed E-state index contributed by atoms with van der Waals surface area (Å²) in [6.45, 7) is -2.39. The molecule has 21 heavy (non-hydrogen) atoms. The molecule has 0 unspecified atom stereocenters. The highest BCUT2D eigenvalue weighted by Gasteiger charge is 2.37. The van der Waals surface area contributed by atoms with Crippen LogP contribution in [0.1, 0.15) is 10.4 Å². The van der Waals surface area contributed by atoms with Crippen LogP contribution in [0.2, 0.25) is 0 Å². The normalized spacial score (nSPS) is 14.8. The highest BCUT2D eigenvalue weighted by atomic mass is 19.4. The lowest BCUT2D eigenvalue weighted by Gasteiger charge is -2.17. The number of alkyl halides is 3. The van der Waals surface area contributed by atoms with Crippen molar-refractivity contribution in [3.05, 3.63) is 29.3 Å². The molecule has 1 aliphatic heterocycles. The summed E-state index contributed by atoms with van der Waals surface area (Å²) in [6.07, 6.45) is -4.52. The number of Topliss-reactive ketones (excluding diaryl/α,β-unsaturated/α-hetero) is 1. The summed E-state index contributed by atoms with van der Waals surface area (Å²) < 4.78 is 66.1. The van der Waals surface area contributed by atoms with Crippen LogP contribution in [-0.4, -0.2) is 37.6 Å². The van der Waals surface area contributed by atoms with Crippen molar-refractivity contribution < 1.29 is 36.3 Å². The first kappa shape index (κ1) is 15.4. The predicted molar refractivity (Wildman–Crippen MR) is 59.9 cm³/mol. The van der Waals surface area contributed by atoms with E-state index in [2.05, 4.69) is 4.74 Å². The fourth-order valence-corrected chi connectivity index (χ4v) is 1.85. The summed E-state index contributed by atoms with van der Waals surface area (Å²) in [7, 11) is 0. The predicted octanol–water partition coefficient (Wildman–Crippen LogP) is 2.07. The molecule has 0 saturated heterocycles. The van der Waals surface area contributed by atoms with Crippen LogP contribution in [0.5, 0.6) is 0 Å². The van der Waals surface area contributed by atoms with Crippen molar-refractivity contribution in [3.63, 3.8) is 0 Å². The Morgan fingerprint density at radius 2 is 1.71 bits per heavy atom. The number of amides is 1. The largest absolute Gasteiger partial charge is 0.411 e. The Hall–Kier alpha value is -2.03.